The maximum absolute atomic E-state index is 12.4. The van der Waals surface area contributed by atoms with Crippen LogP contribution >= 0.6 is 0 Å². The molecule has 186 valence electrons. The monoisotopic (exact) mass is 460 g/mol. The molecule has 0 aromatic carbocycles. The highest BCUT2D eigenvalue weighted by Gasteiger charge is 2.84. The standard InChI is InChI=1S/C28H44O5/c1-15-13-16(23(31)32-6)33-21-20(15)25(4)11-12-28-14-27(28)10-9-19(29)24(2,3)17(27)7-8-18(28)26(25,5)22(21)30/h15-22,29-30H,7-14H2,1-6H3/t15-,16?,17+,18?,19?,20+,21?,22+,25?,26-,27?,28?/m1/s1. The average Bonchev–Trinajstić information content (AvgIpc) is 3.41. The molecule has 5 saturated carbocycles. The first kappa shape index (κ1) is 22.8. The summed E-state index contributed by atoms with van der Waals surface area (Å²) in [7, 11) is 1.42. The number of fused-ring (bicyclic) bond motifs is 4. The fourth-order valence-corrected chi connectivity index (χ4v) is 11.6. The van der Waals surface area contributed by atoms with Gasteiger partial charge in [0.05, 0.1) is 25.4 Å². The molecule has 1 aliphatic heterocycles. The summed E-state index contributed by atoms with van der Waals surface area (Å²) in [4.78, 5) is 12.4. The van der Waals surface area contributed by atoms with Gasteiger partial charge in [0.1, 0.15) is 0 Å². The Bertz CT molecular complexity index is 870. The van der Waals surface area contributed by atoms with E-state index in [1.54, 1.807) is 0 Å². The van der Waals surface area contributed by atoms with Gasteiger partial charge in [-0.05, 0) is 96.7 Å². The summed E-state index contributed by atoms with van der Waals surface area (Å²) in [6.07, 6.45) is 7.09. The SMILES string of the molecule is COC(=O)C1C[C@@H](C)[C@H]2C(O1)[C@H](O)[C@@]1(C)C3CC[C@H]4C(C)(C)C(O)CCC45CC35CCC21C. The zero-order valence-corrected chi connectivity index (χ0v) is 21.4. The third-order valence-electron chi connectivity index (χ3n) is 13.2. The minimum absolute atomic E-state index is 0.00776. The Morgan fingerprint density at radius 1 is 0.970 bits per heavy atom. The van der Waals surface area contributed by atoms with Crippen molar-refractivity contribution in [2.75, 3.05) is 7.11 Å². The lowest BCUT2D eigenvalue weighted by atomic mass is 9.41. The van der Waals surface area contributed by atoms with Crippen molar-refractivity contribution in [1.82, 2.24) is 0 Å². The summed E-state index contributed by atoms with van der Waals surface area (Å²) in [6, 6.07) is 0. The third-order valence-corrected chi connectivity index (χ3v) is 13.2. The first-order valence-electron chi connectivity index (χ1n) is 13.5. The summed E-state index contributed by atoms with van der Waals surface area (Å²) in [5, 5.41) is 22.9. The van der Waals surface area contributed by atoms with Gasteiger partial charge in [-0.15, -0.1) is 0 Å². The average molecular weight is 461 g/mol. The van der Waals surface area contributed by atoms with Crippen LogP contribution in [0.25, 0.3) is 0 Å². The first-order chi connectivity index (χ1) is 15.4. The number of rotatable bonds is 1. The van der Waals surface area contributed by atoms with Crippen LogP contribution in [-0.4, -0.2) is 47.7 Å². The number of carbonyl (C=O) groups excluding carboxylic acids is 1. The van der Waals surface area contributed by atoms with Gasteiger partial charge in [0.25, 0.3) is 0 Å². The van der Waals surface area contributed by atoms with Crippen LogP contribution in [0.1, 0.15) is 86.0 Å². The molecule has 2 spiro atoms. The van der Waals surface area contributed by atoms with Crippen LogP contribution in [0.4, 0.5) is 0 Å². The largest absolute Gasteiger partial charge is 0.467 e. The Morgan fingerprint density at radius 3 is 2.33 bits per heavy atom. The van der Waals surface area contributed by atoms with Crippen molar-refractivity contribution in [2.45, 2.75) is 110 Å². The van der Waals surface area contributed by atoms with Crippen molar-refractivity contribution in [3.05, 3.63) is 0 Å². The van der Waals surface area contributed by atoms with E-state index in [0.29, 0.717) is 35.0 Å². The summed E-state index contributed by atoms with van der Waals surface area (Å²) < 4.78 is 11.4. The van der Waals surface area contributed by atoms with Gasteiger partial charge < -0.3 is 19.7 Å². The highest BCUT2D eigenvalue weighted by Crippen LogP contribution is 2.89. The van der Waals surface area contributed by atoms with Gasteiger partial charge in [-0.2, -0.15) is 0 Å². The van der Waals surface area contributed by atoms with Gasteiger partial charge in [-0.1, -0.05) is 34.6 Å². The number of methoxy groups -OCH3 is 1. The van der Waals surface area contributed by atoms with Crippen LogP contribution in [-0.2, 0) is 14.3 Å². The predicted molar refractivity (Wildman–Crippen MR) is 124 cm³/mol. The molecule has 7 unspecified atom stereocenters. The molecule has 0 amide bonds. The summed E-state index contributed by atoms with van der Waals surface area (Å²) in [6.45, 7) is 11.7. The number of esters is 1. The van der Waals surface area contributed by atoms with E-state index in [1.807, 2.05) is 0 Å². The zero-order valence-electron chi connectivity index (χ0n) is 21.4. The lowest BCUT2D eigenvalue weighted by molar-refractivity contribution is -0.184. The van der Waals surface area contributed by atoms with E-state index in [1.165, 1.54) is 20.0 Å². The van der Waals surface area contributed by atoms with Crippen molar-refractivity contribution >= 4 is 5.97 Å². The number of hydrogen-bond acceptors (Lipinski definition) is 5. The van der Waals surface area contributed by atoms with E-state index >= 15 is 0 Å². The third kappa shape index (κ3) is 2.34. The van der Waals surface area contributed by atoms with E-state index in [2.05, 4.69) is 34.6 Å². The van der Waals surface area contributed by atoms with Gasteiger partial charge in [0, 0.05) is 5.41 Å². The van der Waals surface area contributed by atoms with Crippen LogP contribution in [0.15, 0.2) is 0 Å². The molecule has 12 atom stereocenters. The zero-order chi connectivity index (χ0) is 23.8. The van der Waals surface area contributed by atoms with Gasteiger partial charge >= 0.3 is 5.97 Å². The van der Waals surface area contributed by atoms with Crippen molar-refractivity contribution in [2.24, 2.45) is 50.7 Å². The molecule has 6 aliphatic rings. The van der Waals surface area contributed by atoms with Gasteiger partial charge in [-0.25, -0.2) is 4.79 Å². The lowest BCUT2D eigenvalue weighted by Gasteiger charge is -2.63. The fraction of sp³-hybridized carbons (Fsp3) is 0.964. The molecule has 6 rings (SSSR count). The Hall–Kier alpha value is -0.650. The van der Waals surface area contributed by atoms with E-state index in [0.717, 1.165) is 32.1 Å². The number of carbonyl (C=O) groups is 1. The molecule has 5 heteroatoms. The smallest absolute Gasteiger partial charge is 0.334 e. The molecular weight excluding hydrogens is 416 g/mol. The number of aliphatic hydroxyl groups excluding tert-OH is 2. The molecule has 5 nitrogen and oxygen atoms in total. The van der Waals surface area contributed by atoms with Crippen LogP contribution < -0.4 is 0 Å². The minimum atomic E-state index is -0.564. The molecule has 0 aromatic heterocycles. The van der Waals surface area contributed by atoms with E-state index < -0.39 is 12.2 Å². The van der Waals surface area contributed by atoms with E-state index in [-0.39, 0.29) is 40.3 Å². The molecule has 0 bridgehead atoms. The maximum Gasteiger partial charge on any atom is 0.334 e. The maximum atomic E-state index is 12.4. The molecule has 2 N–H and O–H groups in total. The highest BCUT2D eigenvalue weighted by molar-refractivity contribution is 5.74. The number of ether oxygens (including phenoxy) is 2. The quantitative estimate of drug-likeness (QED) is 0.570. The van der Waals surface area contributed by atoms with Crippen molar-refractivity contribution in [1.29, 1.82) is 0 Å². The summed E-state index contributed by atoms with van der Waals surface area (Å²) in [5.41, 5.74) is 0.420. The first-order valence-corrected chi connectivity index (χ1v) is 13.5. The van der Waals surface area contributed by atoms with Crippen LogP contribution in [0.3, 0.4) is 0 Å². The van der Waals surface area contributed by atoms with E-state index in [4.69, 9.17) is 9.47 Å². The van der Waals surface area contributed by atoms with Gasteiger partial charge in [0.15, 0.2) is 6.10 Å². The Morgan fingerprint density at radius 2 is 1.64 bits per heavy atom. The minimum Gasteiger partial charge on any atom is -0.467 e. The molecule has 1 heterocycles. The molecule has 33 heavy (non-hydrogen) atoms. The van der Waals surface area contributed by atoms with Crippen LogP contribution in [0.5, 0.6) is 0 Å². The van der Waals surface area contributed by atoms with Gasteiger partial charge in [0.2, 0.25) is 0 Å². The Labute approximate surface area is 199 Å². The van der Waals surface area contributed by atoms with Crippen molar-refractivity contribution in [3.63, 3.8) is 0 Å². The topological polar surface area (TPSA) is 76.0 Å². The second kappa shape index (κ2) is 6.56. The number of aliphatic hydroxyl groups is 2. The highest BCUT2D eigenvalue weighted by atomic mass is 16.6. The molecule has 0 aromatic rings. The molecule has 6 fully saturated rings. The molecule has 1 saturated heterocycles. The summed E-state index contributed by atoms with van der Waals surface area (Å²) in [5.74, 6) is 1.35. The van der Waals surface area contributed by atoms with Crippen LogP contribution in [0, 0.1) is 50.7 Å². The van der Waals surface area contributed by atoms with Crippen molar-refractivity contribution < 1.29 is 24.5 Å². The van der Waals surface area contributed by atoms with E-state index in [9.17, 15) is 15.0 Å². The second-order valence-electron chi connectivity index (χ2n) is 14.0. The normalized spacial score (nSPS) is 60.5. The molecule has 5 aliphatic carbocycles. The fourth-order valence-electron chi connectivity index (χ4n) is 11.6. The molecule has 0 radical (unpaired) electrons. The lowest BCUT2D eigenvalue weighted by Crippen LogP contribution is -2.59. The predicted octanol–water partition coefficient (Wildman–Crippen LogP) is 4.33. The van der Waals surface area contributed by atoms with Crippen molar-refractivity contribution in [3.8, 4) is 0 Å². The van der Waals surface area contributed by atoms with Crippen LogP contribution in [0.2, 0.25) is 0 Å². The molecular formula is C28H44O5. The Balaban J connectivity index is 1.39. The number of hydrogen-bond donors (Lipinski definition) is 2. The van der Waals surface area contributed by atoms with Gasteiger partial charge in [-0.3, -0.25) is 0 Å². The summed E-state index contributed by atoms with van der Waals surface area (Å²) >= 11 is 0. The second-order valence-corrected chi connectivity index (χ2v) is 14.0. The Kier molecular flexibility index (Phi) is 4.53.